The van der Waals surface area contributed by atoms with Gasteiger partial charge in [0.2, 0.25) is 0 Å². The van der Waals surface area contributed by atoms with Crippen molar-refractivity contribution < 1.29 is 91.8 Å². The number of piperidine rings is 1. The summed E-state index contributed by atoms with van der Waals surface area (Å²) in [6.45, 7) is 1.91. The van der Waals surface area contributed by atoms with E-state index >= 15 is 0 Å². The highest BCUT2D eigenvalue weighted by Crippen LogP contribution is 2.01. The number of halogens is 19. The van der Waals surface area contributed by atoms with Gasteiger partial charge in [-0.25, -0.2) is 0 Å². The lowest BCUT2D eigenvalue weighted by atomic mass is 10.1. The summed E-state index contributed by atoms with van der Waals surface area (Å²) in [5.41, 5.74) is 0. The maximum Gasteiger partial charge on any atom is 0.135 e. The first kappa shape index (κ1) is 63.8. The maximum atomic E-state index is 10.6. The Morgan fingerprint density at radius 1 is 0.519 bits per heavy atom. The molecule has 0 aliphatic carbocycles. The summed E-state index contributed by atoms with van der Waals surface area (Å²) in [6, 6.07) is 0. The van der Waals surface area contributed by atoms with Crippen molar-refractivity contribution in [3.05, 3.63) is 0 Å². The van der Waals surface area contributed by atoms with Crippen LogP contribution in [0.3, 0.4) is 0 Å². The predicted molar refractivity (Wildman–Crippen MR) is 54.2 cm³/mol. The van der Waals surface area contributed by atoms with Gasteiger partial charge in [-0.1, -0.05) is 0 Å². The van der Waals surface area contributed by atoms with Crippen molar-refractivity contribution >= 4 is 5.78 Å². The Labute approximate surface area is 137 Å². The summed E-state index contributed by atoms with van der Waals surface area (Å²) in [4.78, 5) is 12.8. The normalized spacial score (nSPS) is 9.07. The number of hydrogen-bond acceptors (Lipinski definition) is 2. The second-order valence-electron chi connectivity index (χ2n) is 2.34. The molecule has 0 aromatic heterocycles. The molecular formula is C6H12F19NO. The van der Waals surface area contributed by atoms with Gasteiger partial charge < -0.3 is 4.90 Å². The van der Waals surface area contributed by atoms with Crippen molar-refractivity contribution in [1.82, 2.24) is 4.90 Å². The molecule has 0 radical (unpaired) electrons. The van der Waals surface area contributed by atoms with Gasteiger partial charge in [-0.15, -0.1) is 0 Å². The molecule has 27 heavy (non-hydrogen) atoms. The van der Waals surface area contributed by atoms with Crippen molar-refractivity contribution in [2.24, 2.45) is 0 Å². The van der Waals surface area contributed by atoms with Gasteiger partial charge in [-0.05, 0) is 7.05 Å². The number of rotatable bonds is 0. The van der Waals surface area contributed by atoms with E-state index in [1.165, 1.54) is 0 Å². The van der Waals surface area contributed by atoms with E-state index in [1.807, 2.05) is 7.05 Å². The lowest BCUT2D eigenvalue weighted by Crippen LogP contribution is -2.29. The minimum atomic E-state index is 0. The molecule has 0 N–H and O–H groups in total. The van der Waals surface area contributed by atoms with Crippen molar-refractivity contribution in [2.75, 3.05) is 20.1 Å². The summed E-state index contributed by atoms with van der Waals surface area (Å²) in [6.07, 6.45) is 1.52. The first-order valence-electron chi connectivity index (χ1n) is 4.28. The topological polar surface area (TPSA) is 20.3 Å². The van der Waals surface area contributed by atoms with E-state index in [9.17, 15) is 4.79 Å². The van der Waals surface area contributed by atoms with Gasteiger partial charge in [0.05, 0.1) is 0 Å². The second-order valence-corrected chi connectivity index (χ2v) is 2.34. The van der Waals surface area contributed by atoms with Crippen LogP contribution in [-0.2, 0) is 4.79 Å². The van der Waals surface area contributed by atoms with Crippen LogP contribution >= 0.6 is 0 Å². The summed E-state index contributed by atoms with van der Waals surface area (Å²) in [5, 5.41) is 0. The lowest BCUT2D eigenvalue weighted by molar-refractivity contribution is -0.121. The minimum Gasteiger partial charge on any atom is -0.305 e. The van der Waals surface area contributed by atoms with Gasteiger partial charge in [-0.3, -0.25) is 9.50 Å². The van der Waals surface area contributed by atoms with Crippen LogP contribution in [0.15, 0.2) is 0 Å². The lowest BCUT2D eigenvalue weighted by Gasteiger charge is -2.19. The number of nitrogens with zero attached hydrogens (tertiary/aromatic N) is 1. The average Bonchev–Trinajstić information content (AvgIpc) is 2.82. The van der Waals surface area contributed by atoms with Gasteiger partial charge in [0.25, 0.3) is 0 Å². The molecule has 1 fully saturated rings. The van der Waals surface area contributed by atoms with E-state index in [1.54, 1.807) is 0 Å². The fourth-order valence-electron chi connectivity index (χ4n) is 0.868. The molecule has 0 bridgehead atoms. The highest BCUT2D eigenvalue weighted by atomic mass is 20.0. The smallest absolute Gasteiger partial charge is 0.135 e. The molecule has 0 saturated carbocycles. The number of likely N-dealkylation sites (tertiary alicyclic amines) is 1. The van der Waals surface area contributed by atoms with Crippen LogP contribution in [0, 0.1) is 0 Å². The van der Waals surface area contributed by atoms with E-state index in [-0.39, 0.29) is 4.70 Å². The van der Waals surface area contributed by atoms with Crippen LogP contribution in [0.1, 0.15) is 12.8 Å². The molecule has 0 unspecified atom stereocenters. The van der Waals surface area contributed by atoms with Gasteiger partial charge in [0.1, 0.15) is 5.78 Å². The zero-order valence-electron chi connectivity index (χ0n) is 12.4. The van der Waals surface area contributed by atoms with E-state index < -0.39 is 0 Å². The highest BCUT2D eigenvalue weighted by Gasteiger charge is 2.10. The predicted octanol–water partition coefficient (Wildman–Crippen LogP) is 8.00. The summed E-state index contributed by atoms with van der Waals surface area (Å²) < 4.78 is 144. The molecule has 2 nitrogen and oxygen atoms in total. The molecule has 180 valence electrons. The third-order valence-electron chi connectivity index (χ3n) is 1.54. The standard InChI is InChI=1S/C6H11NO.9F2.FH/c1-7-4-2-6(8)3-5-7;9*1-2;/h2-5H2,1H3;;;;;;;;;;1H. The zero-order valence-corrected chi connectivity index (χ0v) is 12.4. The molecule has 1 heterocycles. The molecule has 0 amide bonds. The Hall–Kier alpha value is -1.70. The van der Waals surface area contributed by atoms with Crippen LogP contribution < -0.4 is 0 Å². The fourth-order valence-corrected chi connectivity index (χ4v) is 0.868. The number of hydrogen-bond donors (Lipinski definition) is 0. The third-order valence-corrected chi connectivity index (χ3v) is 1.54. The Bertz CT molecular complexity index is 114. The summed E-state index contributed by atoms with van der Waals surface area (Å²) >= 11 is 0. The molecule has 1 rings (SSSR count). The first-order chi connectivity index (χ1) is 12.8. The molecule has 0 spiro atoms. The zero-order chi connectivity index (χ0) is 24.0. The van der Waals surface area contributed by atoms with E-state index in [4.69, 9.17) is 82.3 Å². The minimum absolute atomic E-state index is 0. The van der Waals surface area contributed by atoms with Crippen molar-refractivity contribution in [3.63, 3.8) is 0 Å². The van der Waals surface area contributed by atoms with Crippen molar-refractivity contribution in [1.29, 1.82) is 0 Å². The van der Waals surface area contributed by atoms with E-state index in [0.717, 1.165) is 25.9 Å². The third kappa shape index (κ3) is 175. The molecule has 1 saturated heterocycles. The molecule has 0 aromatic carbocycles. The molecule has 1 aliphatic heterocycles. The molecule has 21 heteroatoms. The summed E-state index contributed by atoms with van der Waals surface area (Å²) in [5.74, 6) is 0.420. The Morgan fingerprint density at radius 2 is 0.667 bits per heavy atom. The van der Waals surface area contributed by atoms with E-state index in [2.05, 4.69) is 4.90 Å². The second kappa shape index (κ2) is 191. The van der Waals surface area contributed by atoms with Crippen LogP contribution in [0.4, 0.5) is 87.0 Å². The molecule has 0 atom stereocenters. The molecule has 1 aliphatic rings. The van der Waals surface area contributed by atoms with Crippen LogP contribution in [0.5, 0.6) is 0 Å². The van der Waals surface area contributed by atoms with Gasteiger partial charge in [0.15, 0.2) is 0 Å². The van der Waals surface area contributed by atoms with Gasteiger partial charge in [-0.2, -0.15) is 0 Å². The number of Topliss-reactive ketones (excluding diaryl/α,β-unsaturated/α-hetero) is 1. The number of carbonyl (C=O) groups excluding carboxylic acids is 1. The van der Waals surface area contributed by atoms with Crippen molar-refractivity contribution in [2.45, 2.75) is 12.8 Å². The Kier molecular flexibility index (Phi) is 453. The van der Waals surface area contributed by atoms with Crippen LogP contribution in [-0.4, -0.2) is 30.8 Å². The molecular weight excluding hydrogens is 463 g/mol. The van der Waals surface area contributed by atoms with Crippen LogP contribution in [0.2, 0.25) is 0 Å². The van der Waals surface area contributed by atoms with Crippen molar-refractivity contribution in [3.8, 4) is 0 Å². The first-order valence-corrected chi connectivity index (χ1v) is 4.28. The van der Waals surface area contributed by atoms with Gasteiger partial charge in [0, 0.05) is 108 Å². The Balaban J connectivity index is -0.0000000166. The fraction of sp³-hybridized carbons (Fsp3) is 0.833. The SMILES string of the molecule is CN1CCC(=O)CC1.F.FF.FF.FF.FF.FF.FF.FF.FF.FF. The largest absolute Gasteiger partial charge is 0.305 e. The number of ketones is 1. The van der Waals surface area contributed by atoms with E-state index in [0.29, 0.717) is 5.78 Å². The van der Waals surface area contributed by atoms with Crippen LogP contribution in [0.25, 0.3) is 0 Å². The van der Waals surface area contributed by atoms with Gasteiger partial charge >= 0.3 is 0 Å². The maximum absolute atomic E-state index is 10.6. The average molecular weight is 475 g/mol. The summed E-state index contributed by atoms with van der Waals surface area (Å²) in [7, 11) is 2.05. The monoisotopic (exact) mass is 475 g/mol. The highest BCUT2D eigenvalue weighted by molar-refractivity contribution is 5.79. The molecule has 0 aromatic rings. The quantitative estimate of drug-likeness (QED) is 0.331. The number of carbonyl (C=O) groups is 1. The Morgan fingerprint density at radius 3 is 0.778 bits per heavy atom.